The second kappa shape index (κ2) is 10.9. The second-order valence-electron chi connectivity index (χ2n) is 5.80. The number of nitrogens with zero attached hydrogens (tertiary/aromatic N) is 1. The maximum absolute atomic E-state index is 5.56. The van der Waals surface area contributed by atoms with Crippen LogP contribution >= 0.6 is 0 Å². The van der Waals surface area contributed by atoms with E-state index in [1.165, 1.54) is 0 Å². The lowest BCUT2D eigenvalue weighted by Gasteiger charge is -2.15. The number of hydrogen-bond acceptors (Lipinski definition) is 5. The largest absolute Gasteiger partial charge is 0.497 e. The highest BCUT2D eigenvalue weighted by molar-refractivity contribution is 5.93. The van der Waals surface area contributed by atoms with Crippen LogP contribution in [0, 0.1) is 0 Å². The minimum atomic E-state index is 0.455. The molecule has 0 aliphatic heterocycles. The van der Waals surface area contributed by atoms with Crippen LogP contribution in [0.1, 0.15) is 19.4 Å². The first-order chi connectivity index (χ1) is 13.6. The fraction of sp³-hybridized carbons (Fsp3) is 0.381. The molecule has 0 saturated heterocycles. The number of anilines is 1. The fourth-order valence-electron chi connectivity index (χ4n) is 2.61. The first-order valence-corrected chi connectivity index (χ1v) is 9.22. The topological polar surface area (TPSA) is 73.3 Å². The summed E-state index contributed by atoms with van der Waals surface area (Å²) in [5.41, 5.74) is 1.81. The van der Waals surface area contributed by atoms with Crippen LogP contribution in [-0.4, -0.2) is 40.4 Å². The molecule has 0 fully saturated rings. The third-order valence-electron chi connectivity index (χ3n) is 3.97. The van der Waals surface area contributed by atoms with Crippen LogP contribution in [0.2, 0.25) is 0 Å². The van der Waals surface area contributed by atoms with E-state index >= 15 is 0 Å². The zero-order valence-electron chi connectivity index (χ0n) is 17.2. The minimum Gasteiger partial charge on any atom is -0.497 e. The molecule has 152 valence electrons. The van der Waals surface area contributed by atoms with Crippen molar-refractivity contribution in [2.24, 2.45) is 4.99 Å². The summed E-state index contributed by atoms with van der Waals surface area (Å²) >= 11 is 0. The van der Waals surface area contributed by atoms with Crippen molar-refractivity contribution >= 4 is 11.6 Å². The first kappa shape index (κ1) is 21.2. The molecule has 0 amide bonds. The van der Waals surface area contributed by atoms with Gasteiger partial charge in [0.1, 0.15) is 11.5 Å². The predicted molar refractivity (Wildman–Crippen MR) is 112 cm³/mol. The minimum absolute atomic E-state index is 0.455. The van der Waals surface area contributed by atoms with Gasteiger partial charge in [0.05, 0.1) is 34.5 Å². The first-order valence-electron chi connectivity index (χ1n) is 9.22. The van der Waals surface area contributed by atoms with Gasteiger partial charge in [-0.3, -0.25) is 0 Å². The molecule has 7 heteroatoms. The summed E-state index contributed by atoms with van der Waals surface area (Å²) in [4.78, 5) is 4.66. The molecule has 0 radical (unpaired) electrons. The smallest absolute Gasteiger partial charge is 0.196 e. The Morgan fingerprint density at radius 1 is 0.893 bits per heavy atom. The number of guanidine groups is 1. The quantitative estimate of drug-likeness (QED) is 0.505. The van der Waals surface area contributed by atoms with Crippen LogP contribution in [0.25, 0.3) is 0 Å². The van der Waals surface area contributed by atoms with Gasteiger partial charge in [0, 0.05) is 29.9 Å². The van der Waals surface area contributed by atoms with Gasteiger partial charge in [-0.25, -0.2) is 4.99 Å². The van der Waals surface area contributed by atoms with E-state index in [1.807, 2.05) is 50.2 Å². The normalized spacial score (nSPS) is 11.0. The average molecular weight is 387 g/mol. The molecule has 0 bridgehead atoms. The number of ether oxygens (including phenoxy) is 4. The van der Waals surface area contributed by atoms with Crippen molar-refractivity contribution in [3.63, 3.8) is 0 Å². The Bertz CT molecular complexity index is 793. The van der Waals surface area contributed by atoms with Gasteiger partial charge in [0.2, 0.25) is 0 Å². The highest BCUT2D eigenvalue weighted by Crippen LogP contribution is 2.30. The number of benzene rings is 2. The maximum atomic E-state index is 5.56. The predicted octanol–water partition coefficient (Wildman–Crippen LogP) is 3.69. The Kier molecular flexibility index (Phi) is 8.27. The van der Waals surface area contributed by atoms with E-state index in [-0.39, 0.29) is 0 Å². The highest BCUT2D eigenvalue weighted by atomic mass is 16.5. The summed E-state index contributed by atoms with van der Waals surface area (Å²) in [6.07, 6.45) is 0. The molecule has 2 N–H and O–H groups in total. The molecule has 0 atom stereocenters. The van der Waals surface area contributed by atoms with E-state index in [0.29, 0.717) is 30.6 Å². The Morgan fingerprint density at radius 2 is 1.68 bits per heavy atom. The van der Waals surface area contributed by atoms with E-state index in [9.17, 15) is 0 Å². The molecule has 0 aliphatic carbocycles. The Balaban J connectivity index is 2.19. The third-order valence-corrected chi connectivity index (χ3v) is 3.97. The van der Waals surface area contributed by atoms with Crippen LogP contribution in [0.15, 0.2) is 41.4 Å². The van der Waals surface area contributed by atoms with Crippen LogP contribution in [0.4, 0.5) is 5.69 Å². The number of rotatable bonds is 9. The summed E-state index contributed by atoms with van der Waals surface area (Å²) in [5.74, 6) is 3.52. The fourth-order valence-corrected chi connectivity index (χ4v) is 2.61. The highest BCUT2D eigenvalue weighted by Gasteiger charge is 2.08. The van der Waals surface area contributed by atoms with Crippen molar-refractivity contribution in [2.75, 3.05) is 39.8 Å². The Labute approximate surface area is 166 Å². The molecule has 0 aliphatic rings. The van der Waals surface area contributed by atoms with Gasteiger partial charge in [0.25, 0.3) is 0 Å². The monoisotopic (exact) mass is 387 g/mol. The summed E-state index contributed by atoms with van der Waals surface area (Å²) in [6.45, 7) is 5.73. The van der Waals surface area contributed by atoms with E-state index < -0.39 is 0 Å². The van der Waals surface area contributed by atoms with E-state index in [0.717, 1.165) is 29.3 Å². The van der Waals surface area contributed by atoms with Crippen molar-refractivity contribution in [2.45, 2.75) is 20.4 Å². The zero-order valence-corrected chi connectivity index (χ0v) is 17.2. The third kappa shape index (κ3) is 5.70. The summed E-state index contributed by atoms with van der Waals surface area (Å²) in [7, 11) is 4.89. The zero-order chi connectivity index (χ0) is 20.4. The molecule has 7 nitrogen and oxygen atoms in total. The van der Waals surface area contributed by atoms with Crippen molar-refractivity contribution in [1.82, 2.24) is 5.32 Å². The molecule has 0 unspecified atom stereocenters. The molecule has 0 heterocycles. The SMILES string of the molecule is CCNC(=NCc1ccc(OC)cc1OC)Nc1ccc(OCC)c(OC)c1. The molecule has 2 aromatic carbocycles. The molecular formula is C21H29N3O4. The van der Waals surface area contributed by atoms with Gasteiger partial charge in [-0.2, -0.15) is 0 Å². The van der Waals surface area contributed by atoms with Crippen molar-refractivity contribution in [1.29, 1.82) is 0 Å². The lowest BCUT2D eigenvalue weighted by Crippen LogP contribution is -2.30. The van der Waals surface area contributed by atoms with Gasteiger partial charge in [0.15, 0.2) is 17.5 Å². The van der Waals surface area contributed by atoms with Gasteiger partial charge in [-0.1, -0.05) is 0 Å². The van der Waals surface area contributed by atoms with E-state index in [1.54, 1.807) is 21.3 Å². The number of aliphatic imine (C=N–C) groups is 1. The lowest BCUT2D eigenvalue weighted by atomic mass is 10.2. The average Bonchev–Trinajstić information content (AvgIpc) is 2.73. The van der Waals surface area contributed by atoms with E-state index in [2.05, 4.69) is 15.6 Å². The van der Waals surface area contributed by atoms with Crippen molar-refractivity contribution in [3.05, 3.63) is 42.0 Å². The van der Waals surface area contributed by atoms with Crippen molar-refractivity contribution in [3.8, 4) is 23.0 Å². The molecule has 28 heavy (non-hydrogen) atoms. The number of nitrogens with one attached hydrogen (secondary N) is 2. The molecule has 2 rings (SSSR count). The summed E-state index contributed by atoms with van der Waals surface area (Å²) < 4.78 is 21.7. The van der Waals surface area contributed by atoms with Gasteiger partial charge < -0.3 is 29.6 Å². The Morgan fingerprint density at radius 3 is 2.32 bits per heavy atom. The van der Waals surface area contributed by atoms with Gasteiger partial charge in [-0.05, 0) is 38.1 Å². The molecule has 0 aromatic heterocycles. The summed E-state index contributed by atoms with van der Waals surface area (Å²) in [6, 6.07) is 11.4. The van der Waals surface area contributed by atoms with Crippen LogP contribution in [0.3, 0.4) is 0 Å². The molecule has 0 spiro atoms. The maximum Gasteiger partial charge on any atom is 0.196 e. The summed E-state index contributed by atoms with van der Waals surface area (Å²) in [5, 5.41) is 6.53. The molecule has 2 aromatic rings. The number of methoxy groups -OCH3 is 3. The number of hydrogen-bond donors (Lipinski definition) is 2. The van der Waals surface area contributed by atoms with Crippen molar-refractivity contribution < 1.29 is 18.9 Å². The van der Waals surface area contributed by atoms with Crippen LogP contribution < -0.4 is 29.6 Å². The molecule has 0 saturated carbocycles. The standard InChI is InChI=1S/C21H29N3O4/c1-6-22-21(23-14-15-8-10-17(25-3)13-19(15)26-4)24-16-9-11-18(28-7-2)20(12-16)27-5/h8-13H,6-7,14H2,1-5H3,(H2,22,23,24). The Hall–Kier alpha value is -3.09. The van der Waals surface area contributed by atoms with Crippen LogP contribution in [0.5, 0.6) is 23.0 Å². The lowest BCUT2D eigenvalue weighted by molar-refractivity contribution is 0.311. The van der Waals surface area contributed by atoms with Gasteiger partial charge >= 0.3 is 0 Å². The van der Waals surface area contributed by atoms with Gasteiger partial charge in [-0.15, -0.1) is 0 Å². The second-order valence-corrected chi connectivity index (χ2v) is 5.80. The van der Waals surface area contributed by atoms with E-state index in [4.69, 9.17) is 18.9 Å². The molecular weight excluding hydrogens is 358 g/mol. The van der Waals surface area contributed by atoms with Crippen LogP contribution in [-0.2, 0) is 6.54 Å².